The van der Waals surface area contributed by atoms with Crippen molar-refractivity contribution >= 4 is 17.9 Å². The van der Waals surface area contributed by atoms with Crippen molar-refractivity contribution in [2.45, 2.75) is 26.7 Å². The summed E-state index contributed by atoms with van der Waals surface area (Å²) < 4.78 is 10.5. The number of rotatable bonds is 8. The number of methoxy groups -OCH3 is 1. The van der Waals surface area contributed by atoms with Crippen molar-refractivity contribution in [3.05, 3.63) is 49.9 Å². The predicted octanol–water partition coefficient (Wildman–Crippen LogP) is 2.65. The fraction of sp³-hybridized carbons (Fsp3) is 0.353. The first-order valence-corrected chi connectivity index (χ1v) is 8.25. The third-order valence-electron chi connectivity index (χ3n) is 3.50. The maximum Gasteiger partial charge on any atom is 0.315 e. The molecule has 27 heavy (non-hydrogen) atoms. The van der Waals surface area contributed by atoms with Gasteiger partial charge in [-0.25, -0.2) is 10.4 Å². The van der Waals surface area contributed by atoms with Gasteiger partial charge in [-0.3, -0.25) is 19.9 Å². The molecule has 0 spiro atoms. The van der Waals surface area contributed by atoms with Crippen LogP contribution in [0.5, 0.6) is 11.5 Å². The normalized spacial score (nSPS) is 11.0. The molecule has 10 nitrogen and oxygen atoms in total. The zero-order valence-electron chi connectivity index (χ0n) is 15.5. The Morgan fingerprint density at radius 3 is 2.74 bits per heavy atom. The van der Waals surface area contributed by atoms with Crippen molar-refractivity contribution in [2.24, 2.45) is 5.10 Å². The number of hydrogen-bond acceptors (Lipinski definition) is 8. The van der Waals surface area contributed by atoms with E-state index in [1.165, 1.54) is 25.5 Å². The number of H-pyrrole nitrogens is 1. The van der Waals surface area contributed by atoms with Crippen LogP contribution in [0.4, 0.5) is 11.6 Å². The van der Waals surface area contributed by atoms with Gasteiger partial charge in [-0.1, -0.05) is 13.8 Å². The summed E-state index contributed by atoms with van der Waals surface area (Å²) >= 11 is 0. The van der Waals surface area contributed by atoms with E-state index >= 15 is 0 Å². The second kappa shape index (κ2) is 8.79. The van der Waals surface area contributed by atoms with Crippen LogP contribution in [0.3, 0.4) is 0 Å². The monoisotopic (exact) mass is 375 g/mol. The molecular formula is C17H21N5O5. The van der Waals surface area contributed by atoms with Crippen LogP contribution in [0.2, 0.25) is 0 Å². The van der Waals surface area contributed by atoms with E-state index in [-0.39, 0.29) is 41.2 Å². The second-order valence-corrected chi connectivity index (χ2v) is 5.81. The summed E-state index contributed by atoms with van der Waals surface area (Å²) in [6.07, 6.45) is 1.35. The molecule has 0 radical (unpaired) electrons. The Hall–Kier alpha value is -3.43. The number of hydrazone groups is 1. The van der Waals surface area contributed by atoms with Gasteiger partial charge < -0.3 is 9.47 Å². The highest BCUT2D eigenvalue weighted by atomic mass is 16.6. The third kappa shape index (κ3) is 5.03. The van der Waals surface area contributed by atoms with E-state index in [9.17, 15) is 14.9 Å². The fourth-order valence-electron chi connectivity index (χ4n) is 2.25. The Bertz CT molecular complexity index is 907. The summed E-state index contributed by atoms with van der Waals surface area (Å²) in [7, 11) is 1.40. The van der Waals surface area contributed by atoms with Crippen molar-refractivity contribution in [2.75, 3.05) is 19.1 Å². The van der Waals surface area contributed by atoms with Crippen LogP contribution in [0.15, 0.2) is 28.1 Å². The van der Waals surface area contributed by atoms with E-state index in [2.05, 4.69) is 20.5 Å². The molecule has 2 aromatic rings. The fourth-order valence-corrected chi connectivity index (χ4v) is 2.25. The number of anilines is 1. The topological polar surface area (TPSA) is 132 Å². The SMILES string of the molecule is CCOc1c(OC)cc(/C=N\Nc2nc(C(C)C)cc(=O)[nH]2)cc1[N+](=O)[O-]. The Labute approximate surface area is 155 Å². The molecule has 0 saturated heterocycles. The van der Waals surface area contributed by atoms with Crippen LogP contribution in [0, 0.1) is 10.1 Å². The number of nitro benzene ring substituents is 1. The molecule has 1 heterocycles. The molecule has 0 atom stereocenters. The standard InChI is InChI=1S/C17H21N5O5/c1-5-27-16-13(22(24)25)6-11(7-14(16)26-4)9-18-21-17-19-12(10(2)3)8-15(23)20-17/h6-10H,5H2,1-4H3,(H2,19,20,21,23)/b18-9-. The minimum absolute atomic E-state index is 0.0609. The summed E-state index contributed by atoms with van der Waals surface area (Å²) in [5, 5.41) is 15.3. The molecule has 0 aliphatic carbocycles. The van der Waals surface area contributed by atoms with Crippen molar-refractivity contribution < 1.29 is 14.4 Å². The lowest BCUT2D eigenvalue weighted by atomic mass is 10.1. The molecule has 0 amide bonds. The van der Waals surface area contributed by atoms with Gasteiger partial charge in [0.1, 0.15) is 0 Å². The average Bonchev–Trinajstić information content (AvgIpc) is 2.62. The summed E-state index contributed by atoms with van der Waals surface area (Å²) in [6.45, 7) is 5.82. The number of hydrogen-bond donors (Lipinski definition) is 2. The number of nitrogens with one attached hydrogen (secondary N) is 2. The maximum absolute atomic E-state index is 11.7. The first-order valence-electron chi connectivity index (χ1n) is 8.25. The van der Waals surface area contributed by atoms with Crippen LogP contribution in [0.25, 0.3) is 0 Å². The molecule has 1 aromatic heterocycles. The molecule has 0 unspecified atom stereocenters. The van der Waals surface area contributed by atoms with Crippen LogP contribution in [-0.4, -0.2) is 34.8 Å². The molecule has 0 bridgehead atoms. The average molecular weight is 375 g/mol. The highest BCUT2D eigenvalue weighted by molar-refractivity contribution is 5.83. The molecule has 1 aromatic carbocycles. The number of ether oxygens (including phenoxy) is 2. The quantitative estimate of drug-likeness (QED) is 0.412. The van der Waals surface area contributed by atoms with Gasteiger partial charge in [0.05, 0.1) is 30.5 Å². The maximum atomic E-state index is 11.7. The second-order valence-electron chi connectivity index (χ2n) is 5.81. The number of nitrogens with zero attached hydrogens (tertiary/aromatic N) is 3. The van der Waals surface area contributed by atoms with Crippen LogP contribution < -0.4 is 20.5 Å². The lowest BCUT2D eigenvalue weighted by molar-refractivity contribution is -0.385. The summed E-state index contributed by atoms with van der Waals surface area (Å²) in [6, 6.07) is 4.30. The minimum Gasteiger partial charge on any atom is -0.493 e. The highest BCUT2D eigenvalue weighted by Gasteiger charge is 2.21. The number of benzene rings is 1. The summed E-state index contributed by atoms with van der Waals surface area (Å²) in [4.78, 5) is 29.2. The minimum atomic E-state index is -0.552. The summed E-state index contributed by atoms with van der Waals surface area (Å²) in [5.41, 5.74) is 3.12. The lowest BCUT2D eigenvalue weighted by Gasteiger charge is -2.10. The van der Waals surface area contributed by atoms with Crippen molar-refractivity contribution in [1.29, 1.82) is 0 Å². The van der Waals surface area contributed by atoms with Crippen molar-refractivity contribution in [3.8, 4) is 11.5 Å². The van der Waals surface area contributed by atoms with Crippen molar-refractivity contribution in [1.82, 2.24) is 9.97 Å². The zero-order chi connectivity index (χ0) is 20.0. The van der Waals surface area contributed by atoms with Gasteiger partial charge in [-0.2, -0.15) is 5.10 Å². The Morgan fingerprint density at radius 1 is 1.41 bits per heavy atom. The Balaban J connectivity index is 2.30. The van der Waals surface area contributed by atoms with Gasteiger partial charge in [0.25, 0.3) is 5.56 Å². The van der Waals surface area contributed by atoms with E-state index < -0.39 is 4.92 Å². The Morgan fingerprint density at radius 2 is 2.15 bits per heavy atom. The van der Waals surface area contributed by atoms with Crippen molar-refractivity contribution in [3.63, 3.8) is 0 Å². The van der Waals surface area contributed by atoms with E-state index in [0.717, 1.165) is 0 Å². The highest BCUT2D eigenvalue weighted by Crippen LogP contribution is 2.37. The number of aromatic amines is 1. The predicted molar refractivity (Wildman–Crippen MR) is 101 cm³/mol. The number of nitro groups is 1. The first-order chi connectivity index (χ1) is 12.8. The van der Waals surface area contributed by atoms with Gasteiger partial charge in [0.15, 0.2) is 5.75 Å². The van der Waals surface area contributed by atoms with Crippen LogP contribution in [-0.2, 0) is 0 Å². The molecule has 0 saturated carbocycles. The van der Waals surface area contributed by atoms with Gasteiger partial charge in [-0.05, 0) is 18.9 Å². The molecule has 2 N–H and O–H groups in total. The Kier molecular flexibility index (Phi) is 6.47. The van der Waals surface area contributed by atoms with Gasteiger partial charge in [0, 0.05) is 17.7 Å². The van der Waals surface area contributed by atoms with Crippen LogP contribution >= 0.6 is 0 Å². The molecular weight excluding hydrogens is 354 g/mol. The number of aromatic nitrogens is 2. The van der Waals surface area contributed by atoms with Crippen LogP contribution in [0.1, 0.15) is 37.9 Å². The summed E-state index contributed by atoms with van der Waals surface area (Å²) in [5.74, 6) is 0.538. The molecule has 2 rings (SSSR count). The molecule has 10 heteroatoms. The molecule has 0 aliphatic rings. The molecule has 144 valence electrons. The van der Waals surface area contributed by atoms with E-state index in [1.54, 1.807) is 13.0 Å². The first kappa shape index (κ1) is 19.9. The third-order valence-corrected chi connectivity index (χ3v) is 3.50. The molecule has 0 aliphatic heterocycles. The molecule has 0 fully saturated rings. The van der Waals surface area contributed by atoms with E-state index in [1.807, 2.05) is 13.8 Å². The van der Waals surface area contributed by atoms with Gasteiger partial charge >= 0.3 is 5.69 Å². The smallest absolute Gasteiger partial charge is 0.315 e. The zero-order valence-corrected chi connectivity index (χ0v) is 15.5. The van der Waals surface area contributed by atoms with Gasteiger partial charge in [-0.15, -0.1) is 0 Å². The lowest BCUT2D eigenvalue weighted by Crippen LogP contribution is -2.12. The van der Waals surface area contributed by atoms with E-state index in [0.29, 0.717) is 11.3 Å². The largest absolute Gasteiger partial charge is 0.493 e. The van der Waals surface area contributed by atoms with Gasteiger partial charge in [0.2, 0.25) is 11.7 Å². The van der Waals surface area contributed by atoms with E-state index in [4.69, 9.17) is 9.47 Å².